The van der Waals surface area contributed by atoms with Crippen molar-refractivity contribution in [2.45, 2.75) is 11.8 Å². The Kier molecular flexibility index (Phi) is 2.66. The molecule has 0 atom stereocenters. The van der Waals surface area contributed by atoms with Crippen molar-refractivity contribution in [1.29, 1.82) is 0 Å². The van der Waals surface area contributed by atoms with Gasteiger partial charge in [-0.25, -0.2) is 0 Å². The molecule has 0 aliphatic carbocycles. The number of aryl methyl sites for hydroxylation is 1. The van der Waals surface area contributed by atoms with E-state index in [2.05, 4.69) is 0 Å². The van der Waals surface area contributed by atoms with Gasteiger partial charge in [-0.2, -0.15) is 8.42 Å². The predicted octanol–water partition coefficient (Wildman–Crippen LogP) is 1.24. The average Bonchev–Trinajstić information content (AvgIpc) is 2.02. The highest BCUT2D eigenvalue weighted by atomic mass is 32.3. The van der Waals surface area contributed by atoms with Crippen molar-refractivity contribution in [3.05, 3.63) is 17.7 Å². The number of ether oxygens (including phenoxy) is 1. The normalized spacial score (nSPS) is 11.4. The molecule has 6 heteroatoms. The summed E-state index contributed by atoms with van der Waals surface area (Å²) < 4.78 is 38.8. The summed E-state index contributed by atoms with van der Waals surface area (Å²) in [6.07, 6.45) is 0. The largest absolute Gasteiger partial charge is 0.495 e. The van der Waals surface area contributed by atoms with Gasteiger partial charge in [0.25, 0.3) is 0 Å². The van der Waals surface area contributed by atoms with Crippen LogP contribution < -0.4 is 10.5 Å². The molecule has 0 radical (unpaired) electrons. The van der Waals surface area contributed by atoms with E-state index in [1.165, 1.54) is 20.1 Å². The molecule has 0 saturated carbocycles. The van der Waals surface area contributed by atoms with Gasteiger partial charge in [0, 0.05) is 6.07 Å². The molecule has 0 spiro atoms. The highest BCUT2D eigenvalue weighted by molar-refractivity contribution is 7.86. The van der Waals surface area contributed by atoms with Gasteiger partial charge in [0.1, 0.15) is 10.6 Å². The Hall–Kier alpha value is -1.30. The zero-order valence-electron chi connectivity index (χ0n) is 7.74. The van der Waals surface area contributed by atoms with Crippen LogP contribution in [0.1, 0.15) is 5.56 Å². The van der Waals surface area contributed by atoms with E-state index in [1.807, 2.05) is 0 Å². The highest BCUT2D eigenvalue weighted by Crippen LogP contribution is 2.28. The summed E-state index contributed by atoms with van der Waals surface area (Å²) in [5.74, 6) is 0.145. The summed E-state index contributed by atoms with van der Waals surface area (Å²) in [6, 6.07) is 2.42. The summed E-state index contributed by atoms with van der Waals surface area (Å²) in [4.78, 5) is -0.413. The zero-order valence-corrected chi connectivity index (χ0v) is 8.56. The number of hydrogen-bond acceptors (Lipinski definition) is 4. The SMILES string of the molecule is COc1cc(S(=O)(=O)F)c(C)cc1N. The van der Waals surface area contributed by atoms with Gasteiger partial charge in [-0.05, 0) is 18.6 Å². The summed E-state index contributed by atoms with van der Waals surface area (Å²) >= 11 is 0. The van der Waals surface area contributed by atoms with Crippen molar-refractivity contribution in [3.63, 3.8) is 0 Å². The first kappa shape index (κ1) is 10.8. The fraction of sp³-hybridized carbons (Fsp3) is 0.250. The van der Waals surface area contributed by atoms with Crippen LogP contribution in [0, 0.1) is 6.92 Å². The molecule has 0 heterocycles. The molecule has 0 bridgehead atoms. The summed E-state index contributed by atoms with van der Waals surface area (Å²) in [5.41, 5.74) is 6.03. The number of methoxy groups -OCH3 is 1. The Balaban J connectivity index is 3.47. The number of nitrogen functional groups attached to an aromatic ring is 1. The lowest BCUT2D eigenvalue weighted by atomic mass is 10.2. The van der Waals surface area contributed by atoms with Crippen molar-refractivity contribution in [3.8, 4) is 5.75 Å². The molecule has 78 valence electrons. The van der Waals surface area contributed by atoms with E-state index in [1.54, 1.807) is 0 Å². The Bertz CT molecular complexity index is 456. The molecular weight excluding hydrogens is 209 g/mol. The maximum atomic E-state index is 12.7. The van der Waals surface area contributed by atoms with Gasteiger partial charge in [0.05, 0.1) is 12.8 Å². The van der Waals surface area contributed by atoms with E-state index < -0.39 is 15.1 Å². The second-order valence-corrected chi connectivity index (χ2v) is 4.11. The van der Waals surface area contributed by atoms with Crippen LogP contribution in [-0.2, 0) is 10.2 Å². The lowest BCUT2D eigenvalue weighted by Crippen LogP contribution is -2.00. The first-order valence-electron chi connectivity index (χ1n) is 3.75. The second-order valence-electron chi connectivity index (χ2n) is 2.80. The highest BCUT2D eigenvalue weighted by Gasteiger charge is 2.17. The van der Waals surface area contributed by atoms with Gasteiger partial charge in [-0.15, -0.1) is 3.89 Å². The fourth-order valence-corrected chi connectivity index (χ4v) is 1.82. The van der Waals surface area contributed by atoms with Crippen LogP contribution in [0.4, 0.5) is 9.57 Å². The topological polar surface area (TPSA) is 69.4 Å². The molecule has 0 fully saturated rings. The van der Waals surface area contributed by atoms with Gasteiger partial charge in [0.15, 0.2) is 0 Å². The first-order chi connectivity index (χ1) is 6.36. The van der Waals surface area contributed by atoms with E-state index >= 15 is 0 Å². The van der Waals surface area contributed by atoms with Crippen LogP contribution in [0.15, 0.2) is 17.0 Å². The third-order valence-corrected chi connectivity index (χ3v) is 2.76. The van der Waals surface area contributed by atoms with E-state index in [0.717, 1.165) is 6.07 Å². The maximum absolute atomic E-state index is 12.7. The number of halogens is 1. The van der Waals surface area contributed by atoms with E-state index in [4.69, 9.17) is 10.5 Å². The minimum absolute atomic E-state index is 0.145. The average molecular weight is 219 g/mol. The number of anilines is 1. The molecule has 0 saturated heterocycles. The Morgan fingerprint density at radius 1 is 1.43 bits per heavy atom. The number of nitrogens with two attached hydrogens (primary N) is 1. The van der Waals surface area contributed by atoms with Gasteiger partial charge < -0.3 is 10.5 Å². The minimum Gasteiger partial charge on any atom is -0.495 e. The maximum Gasteiger partial charge on any atom is 0.332 e. The van der Waals surface area contributed by atoms with Crippen molar-refractivity contribution < 1.29 is 17.0 Å². The molecule has 0 unspecified atom stereocenters. The number of hydrogen-bond donors (Lipinski definition) is 1. The van der Waals surface area contributed by atoms with E-state index in [9.17, 15) is 12.3 Å². The second kappa shape index (κ2) is 3.45. The quantitative estimate of drug-likeness (QED) is 0.600. The van der Waals surface area contributed by atoms with Gasteiger partial charge in [0.2, 0.25) is 0 Å². The predicted molar refractivity (Wildman–Crippen MR) is 50.4 cm³/mol. The standard InChI is InChI=1S/C8H10FNO3S/c1-5-3-6(10)7(13-2)4-8(5)14(9,11)12/h3-4H,10H2,1-2H3. The summed E-state index contributed by atoms with van der Waals surface area (Å²) in [7, 11) is -3.39. The van der Waals surface area contributed by atoms with Crippen molar-refractivity contribution in [2.24, 2.45) is 0 Å². The van der Waals surface area contributed by atoms with Crippen LogP contribution in [0.3, 0.4) is 0 Å². The van der Waals surface area contributed by atoms with Crippen LogP contribution in [0.25, 0.3) is 0 Å². The van der Waals surface area contributed by atoms with Gasteiger partial charge >= 0.3 is 10.2 Å². The summed E-state index contributed by atoms with van der Waals surface area (Å²) in [5, 5.41) is 0. The van der Waals surface area contributed by atoms with Crippen molar-refractivity contribution >= 4 is 15.9 Å². The summed E-state index contributed by atoms with van der Waals surface area (Å²) in [6.45, 7) is 1.46. The van der Waals surface area contributed by atoms with E-state index in [0.29, 0.717) is 0 Å². The smallest absolute Gasteiger partial charge is 0.332 e. The van der Waals surface area contributed by atoms with Crippen LogP contribution in [0.2, 0.25) is 0 Å². The molecule has 1 aromatic rings. The van der Waals surface area contributed by atoms with Crippen LogP contribution >= 0.6 is 0 Å². The Morgan fingerprint density at radius 2 is 2.00 bits per heavy atom. The first-order valence-corrected chi connectivity index (χ1v) is 5.13. The molecule has 1 aromatic carbocycles. The van der Waals surface area contributed by atoms with Crippen LogP contribution in [-0.4, -0.2) is 15.5 Å². The van der Waals surface area contributed by atoms with E-state index in [-0.39, 0.29) is 17.0 Å². The molecule has 2 N–H and O–H groups in total. The van der Waals surface area contributed by atoms with Crippen molar-refractivity contribution in [2.75, 3.05) is 12.8 Å². The molecule has 0 aliphatic rings. The fourth-order valence-electron chi connectivity index (χ4n) is 1.13. The van der Waals surface area contributed by atoms with Crippen LogP contribution in [0.5, 0.6) is 5.75 Å². The zero-order chi connectivity index (χ0) is 10.9. The molecule has 0 aromatic heterocycles. The Labute approximate surface area is 81.7 Å². The van der Waals surface area contributed by atoms with Gasteiger partial charge in [-0.1, -0.05) is 0 Å². The Morgan fingerprint density at radius 3 is 2.43 bits per heavy atom. The number of benzene rings is 1. The van der Waals surface area contributed by atoms with Crippen molar-refractivity contribution in [1.82, 2.24) is 0 Å². The van der Waals surface area contributed by atoms with Gasteiger partial charge in [-0.3, -0.25) is 0 Å². The lowest BCUT2D eigenvalue weighted by Gasteiger charge is -2.07. The molecule has 4 nitrogen and oxygen atoms in total. The minimum atomic E-state index is -4.72. The third kappa shape index (κ3) is 1.95. The number of rotatable bonds is 2. The molecule has 14 heavy (non-hydrogen) atoms. The molecule has 1 rings (SSSR count). The third-order valence-electron chi connectivity index (χ3n) is 1.79. The molecule has 0 amide bonds. The monoisotopic (exact) mass is 219 g/mol. The molecular formula is C8H10FNO3S. The molecule has 0 aliphatic heterocycles. The lowest BCUT2D eigenvalue weighted by molar-refractivity contribution is 0.415.